The molecule has 152 valence electrons. The first-order chi connectivity index (χ1) is 13.9. The van der Waals surface area contributed by atoms with Crippen LogP contribution < -0.4 is 10.2 Å². The molecule has 0 aromatic heterocycles. The molecule has 4 rings (SSSR count). The molecule has 2 amide bonds. The Morgan fingerprint density at radius 2 is 1.76 bits per heavy atom. The second kappa shape index (κ2) is 7.61. The first-order valence-electron chi connectivity index (χ1n) is 9.62. The average Bonchev–Trinajstić information content (AvgIpc) is 3.18. The lowest BCUT2D eigenvalue weighted by atomic mass is 9.95. The van der Waals surface area contributed by atoms with Gasteiger partial charge in [-0.05, 0) is 48.2 Å². The lowest BCUT2D eigenvalue weighted by Crippen LogP contribution is -2.51. The van der Waals surface area contributed by atoms with E-state index in [0.717, 1.165) is 17.5 Å². The molecule has 0 saturated carbocycles. The molecule has 1 unspecified atom stereocenters. The van der Waals surface area contributed by atoms with E-state index in [-0.39, 0.29) is 23.3 Å². The van der Waals surface area contributed by atoms with Crippen molar-refractivity contribution >= 4 is 27.5 Å². The van der Waals surface area contributed by atoms with Gasteiger partial charge in [0.05, 0.1) is 4.90 Å². The van der Waals surface area contributed by atoms with Gasteiger partial charge in [0.15, 0.2) is 0 Å². The quantitative estimate of drug-likeness (QED) is 0.826. The zero-order valence-corrected chi connectivity index (χ0v) is 17.0. The summed E-state index contributed by atoms with van der Waals surface area (Å²) in [5.74, 6) is -0.282. The van der Waals surface area contributed by atoms with Gasteiger partial charge in [-0.25, -0.2) is 8.42 Å². The predicted octanol–water partition coefficient (Wildman–Crippen LogP) is 1.67. The van der Waals surface area contributed by atoms with E-state index >= 15 is 0 Å². The summed E-state index contributed by atoms with van der Waals surface area (Å²) in [7, 11) is -2.38. The van der Waals surface area contributed by atoms with E-state index in [9.17, 15) is 18.0 Å². The van der Waals surface area contributed by atoms with Crippen molar-refractivity contribution < 1.29 is 18.0 Å². The summed E-state index contributed by atoms with van der Waals surface area (Å²) in [6, 6.07) is 13.1. The van der Waals surface area contributed by atoms with E-state index < -0.39 is 16.1 Å². The van der Waals surface area contributed by atoms with Gasteiger partial charge in [-0.3, -0.25) is 9.59 Å². The number of carbonyl (C=O) groups is 2. The van der Waals surface area contributed by atoms with E-state index in [1.54, 1.807) is 17.0 Å². The van der Waals surface area contributed by atoms with Crippen molar-refractivity contribution in [3.63, 3.8) is 0 Å². The summed E-state index contributed by atoms with van der Waals surface area (Å²) in [5, 5.41) is 2.58. The van der Waals surface area contributed by atoms with Crippen LogP contribution in [-0.2, 0) is 32.6 Å². The molecule has 2 heterocycles. The third kappa shape index (κ3) is 3.54. The molecule has 0 aliphatic carbocycles. The molecule has 2 aliphatic rings. The minimum absolute atomic E-state index is 0.0490. The van der Waals surface area contributed by atoms with E-state index in [0.29, 0.717) is 25.1 Å². The fourth-order valence-electron chi connectivity index (χ4n) is 4.00. The topological polar surface area (TPSA) is 86.8 Å². The summed E-state index contributed by atoms with van der Waals surface area (Å²) >= 11 is 0. The molecule has 1 atom stereocenters. The highest BCUT2D eigenvalue weighted by atomic mass is 32.2. The van der Waals surface area contributed by atoms with Crippen LogP contribution in [0.5, 0.6) is 0 Å². The molecule has 0 bridgehead atoms. The average molecular weight is 413 g/mol. The maximum absolute atomic E-state index is 13.4. The standard InChI is InChI=1S/C21H23N3O4S/c1-22-21(26)19-13-15-5-2-3-6-16(15)14-24(19)29(27,28)18-10-8-17(9-11-18)23-12-4-7-20(23)25/h2-3,5-6,8-11,19H,4,7,12-14H2,1H3,(H,22,26). The molecule has 2 aromatic rings. The normalized spacial score (nSPS) is 19.8. The molecule has 7 nitrogen and oxygen atoms in total. The molecule has 0 radical (unpaired) electrons. The molecule has 8 heteroatoms. The molecule has 1 fully saturated rings. The van der Waals surface area contributed by atoms with Crippen LogP contribution in [-0.4, -0.2) is 44.2 Å². The van der Waals surface area contributed by atoms with E-state index in [1.165, 1.54) is 23.5 Å². The van der Waals surface area contributed by atoms with Gasteiger partial charge < -0.3 is 10.2 Å². The van der Waals surface area contributed by atoms with Crippen LogP contribution in [0.2, 0.25) is 0 Å². The van der Waals surface area contributed by atoms with Crippen LogP contribution >= 0.6 is 0 Å². The van der Waals surface area contributed by atoms with Crippen molar-refractivity contribution in [1.29, 1.82) is 0 Å². The Hall–Kier alpha value is -2.71. The SMILES string of the molecule is CNC(=O)C1Cc2ccccc2CN1S(=O)(=O)c1ccc(N2CCCC2=O)cc1. The first-order valence-corrected chi connectivity index (χ1v) is 11.1. The molecule has 2 aromatic carbocycles. The minimum Gasteiger partial charge on any atom is -0.358 e. The molecular formula is C21H23N3O4S. The number of carbonyl (C=O) groups excluding carboxylic acids is 2. The summed E-state index contributed by atoms with van der Waals surface area (Å²) in [5.41, 5.74) is 2.57. The van der Waals surface area contributed by atoms with Gasteiger partial charge in [0.1, 0.15) is 6.04 Å². The number of amides is 2. The highest BCUT2D eigenvalue weighted by Crippen LogP contribution is 2.30. The van der Waals surface area contributed by atoms with Gasteiger partial charge in [-0.15, -0.1) is 0 Å². The number of nitrogens with zero attached hydrogens (tertiary/aromatic N) is 2. The van der Waals surface area contributed by atoms with E-state index in [1.807, 2.05) is 24.3 Å². The molecule has 1 saturated heterocycles. The van der Waals surface area contributed by atoms with Crippen molar-refractivity contribution in [3.8, 4) is 0 Å². The maximum Gasteiger partial charge on any atom is 0.244 e. The van der Waals surface area contributed by atoms with Crippen molar-refractivity contribution in [2.45, 2.75) is 36.7 Å². The maximum atomic E-state index is 13.4. The second-order valence-electron chi connectivity index (χ2n) is 7.30. The van der Waals surface area contributed by atoms with Crippen molar-refractivity contribution in [1.82, 2.24) is 9.62 Å². The van der Waals surface area contributed by atoms with Crippen LogP contribution in [0.3, 0.4) is 0 Å². The van der Waals surface area contributed by atoms with Gasteiger partial charge in [0.2, 0.25) is 21.8 Å². The fraction of sp³-hybridized carbons (Fsp3) is 0.333. The zero-order valence-electron chi connectivity index (χ0n) is 16.2. The summed E-state index contributed by atoms with van der Waals surface area (Å²) in [4.78, 5) is 26.2. The van der Waals surface area contributed by atoms with Gasteiger partial charge in [-0.2, -0.15) is 4.31 Å². The van der Waals surface area contributed by atoms with Crippen LogP contribution in [0.1, 0.15) is 24.0 Å². The Kier molecular flexibility index (Phi) is 5.14. The fourth-order valence-corrected chi connectivity index (χ4v) is 5.56. The number of fused-ring (bicyclic) bond motifs is 1. The Labute approximate surface area is 170 Å². The summed E-state index contributed by atoms with van der Waals surface area (Å²) in [6.07, 6.45) is 1.65. The van der Waals surface area contributed by atoms with Gasteiger partial charge in [0, 0.05) is 32.2 Å². The monoisotopic (exact) mass is 413 g/mol. The minimum atomic E-state index is -3.89. The second-order valence-corrected chi connectivity index (χ2v) is 9.19. The van der Waals surface area contributed by atoms with E-state index in [2.05, 4.69) is 5.32 Å². The number of anilines is 1. The van der Waals surface area contributed by atoms with E-state index in [4.69, 9.17) is 0 Å². The first kappa shape index (κ1) is 19.6. The lowest BCUT2D eigenvalue weighted by molar-refractivity contribution is -0.124. The highest BCUT2D eigenvalue weighted by Gasteiger charge is 2.39. The predicted molar refractivity (Wildman–Crippen MR) is 109 cm³/mol. The van der Waals surface area contributed by atoms with Crippen LogP contribution in [0.15, 0.2) is 53.4 Å². The third-order valence-electron chi connectivity index (χ3n) is 5.58. The van der Waals surface area contributed by atoms with Gasteiger partial charge in [0.25, 0.3) is 0 Å². The Morgan fingerprint density at radius 1 is 1.07 bits per heavy atom. The Bertz CT molecular complexity index is 1050. The smallest absolute Gasteiger partial charge is 0.244 e. The van der Waals surface area contributed by atoms with Crippen LogP contribution in [0.4, 0.5) is 5.69 Å². The number of hydrogen-bond donors (Lipinski definition) is 1. The van der Waals surface area contributed by atoms with Gasteiger partial charge >= 0.3 is 0 Å². The number of benzene rings is 2. The van der Waals surface area contributed by atoms with Gasteiger partial charge in [-0.1, -0.05) is 24.3 Å². The van der Waals surface area contributed by atoms with Crippen LogP contribution in [0.25, 0.3) is 0 Å². The largest absolute Gasteiger partial charge is 0.358 e. The molecular weight excluding hydrogens is 390 g/mol. The number of sulfonamides is 1. The summed E-state index contributed by atoms with van der Waals surface area (Å²) in [6.45, 7) is 0.787. The lowest BCUT2D eigenvalue weighted by Gasteiger charge is -2.34. The Morgan fingerprint density at radius 3 is 2.38 bits per heavy atom. The molecule has 0 spiro atoms. The number of likely N-dealkylation sites (N-methyl/N-ethyl adjacent to an activating group) is 1. The van der Waals surface area contributed by atoms with Crippen molar-refractivity contribution in [3.05, 3.63) is 59.7 Å². The molecule has 1 N–H and O–H groups in total. The third-order valence-corrected chi connectivity index (χ3v) is 7.45. The molecule has 2 aliphatic heterocycles. The zero-order chi connectivity index (χ0) is 20.6. The number of hydrogen-bond acceptors (Lipinski definition) is 4. The number of rotatable bonds is 4. The summed E-state index contributed by atoms with van der Waals surface area (Å²) < 4.78 is 28.0. The molecule has 29 heavy (non-hydrogen) atoms. The van der Waals surface area contributed by atoms with Crippen LogP contribution in [0, 0.1) is 0 Å². The van der Waals surface area contributed by atoms with Crippen molar-refractivity contribution in [2.75, 3.05) is 18.5 Å². The van der Waals surface area contributed by atoms with Crippen molar-refractivity contribution in [2.24, 2.45) is 0 Å². The Balaban J connectivity index is 1.67. The highest BCUT2D eigenvalue weighted by molar-refractivity contribution is 7.89. The number of nitrogens with one attached hydrogen (secondary N) is 1.